The number of halogens is 1. The molecule has 1 aliphatic carbocycles. The van der Waals surface area contributed by atoms with Gasteiger partial charge in [0.1, 0.15) is 18.2 Å². The average Bonchev–Trinajstić information content (AvgIpc) is 3.46. The van der Waals surface area contributed by atoms with Crippen LogP contribution in [0, 0.1) is 5.82 Å². The summed E-state index contributed by atoms with van der Waals surface area (Å²) in [6.07, 6.45) is 5.86. The number of nitrogens with zero attached hydrogens (tertiary/aromatic N) is 3. The number of benzene rings is 2. The van der Waals surface area contributed by atoms with Gasteiger partial charge in [0.05, 0.1) is 17.9 Å². The van der Waals surface area contributed by atoms with E-state index in [1.807, 2.05) is 29.2 Å². The van der Waals surface area contributed by atoms with Crippen LogP contribution in [0.5, 0.6) is 5.75 Å². The van der Waals surface area contributed by atoms with Crippen LogP contribution in [0.25, 0.3) is 0 Å². The average molecular weight is 412 g/mol. The molecule has 1 saturated carbocycles. The predicted octanol–water partition coefficient (Wildman–Crippen LogP) is 4.84. The van der Waals surface area contributed by atoms with E-state index in [-0.39, 0.29) is 17.8 Å². The lowest BCUT2D eigenvalue weighted by molar-refractivity contribution is 0.0659. The van der Waals surface area contributed by atoms with Crippen LogP contribution in [0.3, 0.4) is 0 Å². The van der Waals surface area contributed by atoms with Crippen LogP contribution >= 0.6 is 11.7 Å². The fourth-order valence-electron chi connectivity index (χ4n) is 3.67. The second-order valence-corrected chi connectivity index (χ2v) is 7.78. The second kappa shape index (κ2) is 9.13. The van der Waals surface area contributed by atoms with Crippen molar-refractivity contribution in [1.82, 2.24) is 13.6 Å². The topological polar surface area (TPSA) is 55.3 Å². The molecule has 0 N–H and O–H groups in total. The molecule has 1 amide bonds. The molecule has 0 radical (unpaired) electrons. The molecule has 0 spiro atoms. The standard InChI is InChI=1S/C22H22FN3O2S/c23-18-10-8-16(9-11-18)15-28-20-7-3-4-17(12-20)14-26(19-5-1-2-6-19)22(27)21-13-24-29-25-21/h3-4,7-13,19H,1-2,5-6,14-15H2. The maximum absolute atomic E-state index is 13.0. The lowest BCUT2D eigenvalue weighted by atomic mass is 10.1. The van der Waals surface area contributed by atoms with Crippen LogP contribution in [0.1, 0.15) is 47.3 Å². The SMILES string of the molecule is O=C(c1cnsn1)N(Cc1cccc(OCc2ccc(F)cc2)c1)C1CCCC1. The first-order valence-corrected chi connectivity index (χ1v) is 10.5. The first-order valence-electron chi connectivity index (χ1n) is 9.74. The third-order valence-corrected chi connectivity index (χ3v) is 5.65. The number of amides is 1. The first-order chi connectivity index (χ1) is 14.2. The molecular weight excluding hydrogens is 389 g/mol. The second-order valence-electron chi connectivity index (χ2n) is 7.23. The number of hydrogen-bond acceptors (Lipinski definition) is 5. The highest BCUT2D eigenvalue weighted by atomic mass is 32.1. The van der Waals surface area contributed by atoms with E-state index in [0.717, 1.165) is 54.3 Å². The van der Waals surface area contributed by atoms with Crippen molar-refractivity contribution in [3.8, 4) is 5.75 Å². The Morgan fingerprint density at radius 3 is 2.66 bits per heavy atom. The minimum Gasteiger partial charge on any atom is -0.489 e. The van der Waals surface area contributed by atoms with Crippen molar-refractivity contribution in [2.75, 3.05) is 0 Å². The highest BCUT2D eigenvalue weighted by Gasteiger charge is 2.28. The van der Waals surface area contributed by atoms with Crippen molar-refractivity contribution in [1.29, 1.82) is 0 Å². The predicted molar refractivity (Wildman–Crippen MR) is 109 cm³/mol. The zero-order chi connectivity index (χ0) is 20.1. The summed E-state index contributed by atoms with van der Waals surface area (Å²) in [5.74, 6) is 0.395. The molecule has 0 aliphatic heterocycles. The van der Waals surface area contributed by atoms with Crippen LogP contribution in [-0.2, 0) is 13.2 Å². The van der Waals surface area contributed by atoms with Crippen molar-refractivity contribution in [3.63, 3.8) is 0 Å². The molecule has 2 aromatic carbocycles. The summed E-state index contributed by atoms with van der Waals surface area (Å²) in [7, 11) is 0. The van der Waals surface area contributed by atoms with E-state index in [0.29, 0.717) is 18.8 Å². The summed E-state index contributed by atoms with van der Waals surface area (Å²) in [6, 6.07) is 14.3. The van der Waals surface area contributed by atoms with Crippen molar-refractivity contribution < 1.29 is 13.9 Å². The van der Waals surface area contributed by atoms with Gasteiger partial charge in [-0.1, -0.05) is 37.1 Å². The van der Waals surface area contributed by atoms with E-state index in [1.54, 1.807) is 12.1 Å². The Morgan fingerprint density at radius 1 is 1.14 bits per heavy atom. The minimum atomic E-state index is -0.261. The third kappa shape index (κ3) is 4.98. The molecular formula is C22H22FN3O2S. The third-order valence-electron chi connectivity index (χ3n) is 5.18. The molecule has 7 heteroatoms. The summed E-state index contributed by atoms with van der Waals surface area (Å²) < 4.78 is 27.0. The Kier molecular flexibility index (Phi) is 6.14. The van der Waals surface area contributed by atoms with Gasteiger partial charge in [0.25, 0.3) is 5.91 Å². The number of aromatic nitrogens is 2. The molecule has 1 heterocycles. The summed E-state index contributed by atoms with van der Waals surface area (Å²) >= 11 is 1.05. The molecule has 3 aromatic rings. The van der Waals surface area contributed by atoms with E-state index in [4.69, 9.17) is 4.74 Å². The summed E-state index contributed by atoms with van der Waals surface area (Å²) in [5.41, 5.74) is 2.31. The summed E-state index contributed by atoms with van der Waals surface area (Å²) in [5, 5.41) is 0. The van der Waals surface area contributed by atoms with Crippen molar-refractivity contribution in [2.24, 2.45) is 0 Å². The molecule has 0 bridgehead atoms. The highest BCUT2D eigenvalue weighted by molar-refractivity contribution is 6.99. The Balaban J connectivity index is 1.46. The normalized spacial score (nSPS) is 14.1. The quantitative estimate of drug-likeness (QED) is 0.558. The van der Waals surface area contributed by atoms with Crippen LogP contribution in [0.4, 0.5) is 4.39 Å². The maximum Gasteiger partial charge on any atom is 0.275 e. The van der Waals surface area contributed by atoms with Gasteiger partial charge in [0.15, 0.2) is 5.69 Å². The van der Waals surface area contributed by atoms with Gasteiger partial charge in [0.2, 0.25) is 0 Å². The van der Waals surface area contributed by atoms with Crippen LogP contribution in [0.2, 0.25) is 0 Å². The highest BCUT2D eigenvalue weighted by Crippen LogP contribution is 2.27. The van der Waals surface area contributed by atoms with Crippen molar-refractivity contribution in [2.45, 2.75) is 44.9 Å². The first kappa shape index (κ1) is 19.5. The van der Waals surface area contributed by atoms with Crippen molar-refractivity contribution >= 4 is 17.6 Å². The van der Waals surface area contributed by atoms with Gasteiger partial charge in [0, 0.05) is 12.6 Å². The maximum atomic E-state index is 13.0. The number of hydrogen-bond donors (Lipinski definition) is 0. The minimum absolute atomic E-state index is 0.0664. The molecule has 0 unspecified atom stereocenters. The molecule has 1 aliphatic rings. The lowest BCUT2D eigenvalue weighted by Gasteiger charge is -2.28. The van der Waals surface area contributed by atoms with Crippen LogP contribution < -0.4 is 4.74 Å². The van der Waals surface area contributed by atoms with Gasteiger partial charge in [-0.25, -0.2) is 4.39 Å². The molecule has 4 rings (SSSR count). The van der Waals surface area contributed by atoms with E-state index >= 15 is 0 Å². The Hall–Kier alpha value is -2.80. The molecule has 29 heavy (non-hydrogen) atoms. The van der Waals surface area contributed by atoms with Gasteiger partial charge in [-0.05, 0) is 48.2 Å². The fourth-order valence-corrected chi connectivity index (χ4v) is 4.07. The van der Waals surface area contributed by atoms with Crippen molar-refractivity contribution in [3.05, 3.63) is 77.4 Å². The molecule has 1 aromatic heterocycles. The zero-order valence-electron chi connectivity index (χ0n) is 16.0. The number of carbonyl (C=O) groups excluding carboxylic acids is 1. The molecule has 0 saturated heterocycles. The van der Waals surface area contributed by atoms with E-state index in [1.165, 1.54) is 18.3 Å². The smallest absolute Gasteiger partial charge is 0.275 e. The monoisotopic (exact) mass is 411 g/mol. The molecule has 5 nitrogen and oxygen atoms in total. The Morgan fingerprint density at radius 2 is 1.93 bits per heavy atom. The Labute approximate surface area is 173 Å². The van der Waals surface area contributed by atoms with E-state index in [2.05, 4.69) is 8.75 Å². The number of rotatable bonds is 7. The number of ether oxygens (including phenoxy) is 1. The van der Waals surface area contributed by atoms with Gasteiger partial charge in [-0.2, -0.15) is 8.75 Å². The van der Waals surface area contributed by atoms with Gasteiger partial charge >= 0.3 is 0 Å². The van der Waals surface area contributed by atoms with E-state index < -0.39 is 0 Å². The van der Waals surface area contributed by atoms with E-state index in [9.17, 15) is 9.18 Å². The summed E-state index contributed by atoms with van der Waals surface area (Å²) in [4.78, 5) is 14.9. The van der Waals surface area contributed by atoms with Gasteiger partial charge in [-0.15, -0.1) is 0 Å². The van der Waals surface area contributed by atoms with Crippen LogP contribution in [0.15, 0.2) is 54.7 Å². The van der Waals surface area contributed by atoms with Gasteiger partial charge in [-0.3, -0.25) is 4.79 Å². The largest absolute Gasteiger partial charge is 0.489 e. The molecule has 0 atom stereocenters. The molecule has 1 fully saturated rings. The van der Waals surface area contributed by atoms with Crippen LogP contribution in [-0.4, -0.2) is 25.6 Å². The lowest BCUT2D eigenvalue weighted by Crippen LogP contribution is -2.38. The fraction of sp³-hybridized carbons (Fsp3) is 0.318. The summed E-state index contributed by atoms with van der Waals surface area (Å²) in [6.45, 7) is 0.869. The Bertz CT molecular complexity index is 941. The van der Waals surface area contributed by atoms with Gasteiger partial charge < -0.3 is 9.64 Å². The zero-order valence-corrected chi connectivity index (χ0v) is 16.8. The molecule has 150 valence electrons. The number of carbonyl (C=O) groups is 1.